The average molecular weight is 519 g/mol. The summed E-state index contributed by atoms with van der Waals surface area (Å²) < 4.78 is 26.3. The molecule has 0 aliphatic rings. The minimum absolute atomic E-state index is 0.0303. The second kappa shape index (κ2) is 11.1. The summed E-state index contributed by atoms with van der Waals surface area (Å²) >= 11 is 0. The van der Waals surface area contributed by atoms with Gasteiger partial charge in [-0.2, -0.15) is 0 Å². The van der Waals surface area contributed by atoms with Crippen LogP contribution in [0.1, 0.15) is 44.4 Å². The third kappa shape index (κ3) is 7.51. The number of nitrogens with one attached hydrogen (secondary N) is 1. The maximum atomic E-state index is 13.6. The van der Waals surface area contributed by atoms with Crippen LogP contribution >= 0.6 is 0 Å². The van der Waals surface area contributed by atoms with Crippen LogP contribution in [0.4, 0.5) is 11.4 Å². The molecule has 2 rings (SSSR count). The van der Waals surface area contributed by atoms with Gasteiger partial charge in [0.1, 0.15) is 12.6 Å². The maximum absolute atomic E-state index is 13.6. The van der Waals surface area contributed by atoms with Gasteiger partial charge in [-0.15, -0.1) is 0 Å². The lowest BCUT2D eigenvalue weighted by Gasteiger charge is -2.33. The zero-order chi connectivity index (χ0) is 27.4. The number of nitrogens with zero attached hydrogens (tertiary/aromatic N) is 3. The van der Waals surface area contributed by atoms with Crippen molar-refractivity contribution in [2.45, 2.75) is 59.7 Å². The minimum Gasteiger partial charge on any atom is -0.350 e. The first-order chi connectivity index (χ1) is 16.5. The third-order valence-corrected chi connectivity index (χ3v) is 6.75. The van der Waals surface area contributed by atoms with Crippen molar-refractivity contribution in [1.82, 2.24) is 10.2 Å². The average Bonchev–Trinajstić information content (AvgIpc) is 2.74. The van der Waals surface area contributed by atoms with Gasteiger partial charge >= 0.3 is 0 Å². The summed E-state index contributed by atoms with van der Waals surface area (Å²) in [6.45, 7) is 9.99. The summed E-state index contributed by atoms with van der Waals surface area (Å²) in [6.07, 6.45) is 0.931. The van der Waals surface area contributed by atoms with E-state index >= 15 is 0 Å². The van der Waals surface area contributed by atoms with Crippen LogP contribution in [0.15, 0.2) is 42.5 Å². The molecule has 0 spiro atoms. The summed E-state index contributed by atoms with van der Waals surface area (Å²) in [6, 6.07) is 10.3. The largest absolute Gasteiger partial charge is 0.350 e. The number of anilines is 1. The molecule has 11 heteroatoms. The molecule has 0 bridgehead atoms. The molecule has 0 radical (unpaired) electrons. The van der Waals surface area contributed by atoms with E-state index in [0.717, 1.165) is 27.8 Å². The predicted molar refractivity (Wildman–Crippen MR) is 139 cm³/mol. The van der Waals surface area contributed by atoms with Crippen molar-refractivity contribution in [2.75, 3.05) is 17.1 Å². The van der Waals surface area contributed by atoms with Gasteiger partial charge in [-0.1, -0.05) is 30.3 Å². The lowest BCUT2D eigenvalue weighted by molar-refractivity contribution is -0.384. The fraction of sp³-hybridized carbons (Fsp3) is 0.440. The number of hydrogen-bond acceptors (Lipinski definition) is 6. The predicted octanol–water partition coefficient (Wildman–Crippen LogP) is 3.31. The first kappa shape index (κ1) is 28.8. The number of non-ortho nitro benzene ring substituents is 1. The van der Waals surface area contributed by atoms with Gasteiger partial charge in [-0.3, -0.25) is 24.0 Å². The fourth-order valence-corrected chi connectivity index (χ4v) is 4.50. The number of rotatable bonds is 9. The Hall–Kier alpha value is -3.47. The number of aryl methyl sites for hydroxylation is 2. The number of amides is 2. The van der Waals surface area contributed by atoms with Crippen molar-refractivity contribution >= 4 is 33.2 Å². The highest BCUT2D eigenvalue weighted by Gasteiger charge is 2.32. The van der Waals surface area contributed by atoms with Crippen LogP contribution < -0.4 is 9.62 Å². The molecular weight excluding hydrogens is 484 g/mol. The van der Waals surface area contributed by atoms with E-state index in [1.54, 1.807) is 13.8 Å². The number of hydrogen-bond donors (Lipinski definition) is 1. The number of carbonyl (C=O) groups excluding carboxylic acids is 2. The Bertz CT molecular complexity index is 1250. The summed E-state index contributed by atoms with van der Waals surface area (Å²) in [5, 5.41) is 14.2. The van der Waals surface area contributed by atoms with Crippen LogP contribution in [0.2, 0.25) is 0 Å². The van der Waals surface area contributed by atoms with Crippen LogP contribution in [-0.4, -0.2) is 54.4 Å². The quantitative estimate of drug-likeness (QED) is 0.400. The summed E-state index contributed by atoms with van der Waals surface area (Å²) in [7, 11) is -4.00. The van der Waals surface area contributed by atoms with E-state index < -0.39 is 39.0 Å². The molecule has 2 aromatic carbocycles. The van der Waals surface area contributed by atoms with E-state index in [0.29, 0.717) is 5.56 Å². The Morgan fingerprint density at radius 1 is 1.08 bits per heavy atom. The van der Waals surface area contributed by atoms with Gasteiger partial charge in [-0.25, -0.2) is 8.42 Å². The van der Waals surface area contributed by atoms with Crippen LogP contribution in [0, 0.1) is 24.0 Å². The highest BCUT2D eigenvalue weighted by molar-refractivity contribution is 7.92. The molecule has 2 aromatic rings. The van der Waals surface area contributed by atoms with Gasteiger partial charge < -0.3 is 10.2 Å². The Kier molecular flexibility index (Phi) is 8.84. The molecule has 0 fully saturated rings. The molecular formula is C25H34N4O6S. The van der Waals surface area contributed by atoms with E-state index in [4.69, 9.17) is 0 Å². The number of nitro groups is 1. The molecule has 0 aliphatic carbocycles. The van der Waals surface area contributed by atoms with Crippen LogP contribution in [-0.2, 0) is 26.2 Å². The van der Waals surface area contributed by atoms with E-state index in [1.807, 2.05) is 52.0 Å². The van der Waals surface area contributed by atoms with Gasteiger partial charge in [0.15, 0.2) is 0 Å². The summed E-state index contributed by atoms with van der Waals surface area (Å²) in [5.41, 5.74) is 1.35. The van der Waals surface area contributed by atoms with Gasteiger partial charge in [0.2, 0.25) is 21.8 Å². The normalized spacial score (nSPS) is 12.5. The molecule has 10 nitrogen and oxygen atoms in total. The number of carbonyl (C=O) groups is 2. The molecule has 1 unspecified atom stereocenters. The van der Waals surface area contributed by atoms with E-state index in [-0.39, 0.29) is 23.8 Å². The Balaban J connectivity index is 2.51. The Labute approximate surface area is 212 Å². The van der Waals surface area contributed by atoms with Crippen LogP contribution in [0.3, 0.4) is 0 Å². The lowest BCUT2D eigenvalue weighted by atomic mass is 10.1. The van der Waals surface area contributed by atoms with E-state index in [2.05, 4.69) is 5.32 Å². The molecule has 36 heavy (non-hydrogen) atoms. The monoisotopic (exact) mass is 518 g/mol. The number of benzene rings is 2. The van der Waals surface area contributed by atoms with Gasteiger partial charge in [0, 0.05) is 24.2 Å². The summed E-state index contributed by atoms with van der Waals surface area (Å²) in [5.74, 6) is -1.01. The molecule has 0 saturated carbocycles. The van der Waals surface area contributed by atoms with Gasteiger partial charge in [0.25, 0.3) is 5.69 Å². The molecule has 0 aromatic heterocycles. The maximum Gasteiger partial charge on any atom is 0.271 e. The zero-order valence-electron chi connectivity index (χ0n) is 21.7. The Morgan fingerprint density at radius 2 is 1.69 bits per heavy atom. The van der Waals surface area contributed by atoms with Gasteiger partial charge in [0.05, 0.1) is 16.9 Å². The van der Waals surface area contributed by atoms with Crippen molar-refractivity contribution in [2.24, 2.45) is 0 Å². The molecule has 1 N–H and O–H groups in total. The van der Waals surface area contributed by atoms with Crippen molar-refractivity contribution in [3.8, 4) is 0 Å². The lowest BCUT2D eigenvalue weighted by Crippen LogP contribution is -2.54. The molecule has 0 saturated heterocycles. The zero-order valence-corrected chi connectivity index (χ0v) is 22.5. The second-order valence-corrected chi connectivity index (χ2v) is 11.8. The van der Waals surface area contributed by atoms with Crippen LogP contribution in [0.25, 0.3) is 0 Å². The standard InChI is InChI=1S/C25H34N4O6S/c1-17-10-8-9-11-20(17)15-27(19(3)24(31)26-25(4,5)6)23(30)16-28(36(7,34)35)22-14-21(29(32)33)13-12-18(22)2/h8-14,19H,15-16H2,1-7H3,(H,26,31). The van der Waals surface area contributed by atoms with Crippen molar-refractivity contribution in [3.05, 3.63) is 69.3 Å². The van der Waals surface area contributed by atoms with Crippen LogP contribution in [0.5, 0.6) is 0 Å². The van der Waals surface area contributed by atoms with Crippen molar-refractivity contribution in [3.63, 3.8) is 0 Å². The third-order valence-electron chi connectivity index (χ3n) is 5.62. The smallest absolute Gasteiger partial charge is 0.271 e. The molecule has 0 heterocycles. The van der Waals surface area contributed by atoms with Gasteiger partial charge in [-0.05, 0) is 58.2 Å². The highest BCUT2D eigenvalue weighted by atomic mass is 32.2. The fourth-order valence-electron chi connectivity index (χ4n) is 3.60. The SMILES string of the molecule is Cc1ccccc1CN(C(=O)CN(c1cc([N+](=O)[O-])ccc1C)S(C)(=O)=O)C(C)C(=O)NC(C)(C)C. The topological polar surface area (TPSA) is 130 Å². The van der Waals surface area contributed by atoms with E-state index in [1.165, 1.54) is 17.0 Å². The van der Waals surface area contributed by atoms with E-state index in [9.17, 15) is 28.1 Å². The number of nitro benzene ring substituents is 1. The first-order valence-corrected chi connectivity index (χ1v) is 13.2. The minimum atomic E-state index is -4.00. The highest BCUT2D eigenvalue weighted by Crippen LogP contribution is 2.28. The molecule has 0 aliphatic heterocycles. The molecule has 2 amide bonds. The Morgan fingerprint density at radius 3 is 2.22 bits per heavy atom. The first-order valence-electron chi connectivity index (χ1n) is 11.4. The summed E-state index contributed by atoms with van der Waals surface area (Å²) in [4.78, 5) is 38.6. The van der Waals surface area contributed by atoms with Crippen molar-refractivity contribution < 1.29 is 22.9 Å². The molecule has 1 atom stereocenters. The number of sulfonamides is 1. The molecule has 196 valence electrons. The second-order valence-electron chi connectivity index (χ2n) is 9.86. The van der Waals surface area contributed by atoms with Crippen molar-refractivity contribution in [1.29, 1.82) is 0 Å².